The number of amides is 4. The molecule has 3 aromatic rings. The minimum atomic E-state index is -0.681. The smallest absolute Gasteiger partial charge is 0.332 e. The van der Waals surface area contributed by atoms with Gasteiger partial charge in [0.2, 0.25) is 5.91 Å². The molecule has 1 aromatic heterocycles. The van der Waals surface area contributed by atoms with Gasteiger partial charge in [-0.05, 0) is 42.8 Å². The average Bonchev–Trinajstić information content (AvgIpc) is 3.54. The summed E-state index contributed by atoms with van der Waals surface area (Å²) in [6, 6.07) is 17.0. The molecule has 3 aliphatic rings. The van der Waals surface area contributed by atoms with Gasteiger partial charge in [-0.25, -0.2) is 9.69 Å². The Hall–Kier alpha value is -3.90. The highest BCUT2D eigenvalue weighted by molar-refractivity contribution is 8.00. The molecule has 6 rings (SSSR count). The Morgan fingerprint density at radius 1 is 1.12 bits per heavy atom. The van der Waals surface area contributed by atoms with Crippen LogP contribution in [-0.2, 0) is 9.59 Å². The van der Waals surface area contributed by atoms with Crippen molar-refractivity contribution in [1.29, 1.82) is 5.26 Å². The fraction of sp³-hybridized carbons (Fsp3) is 0.240. The number of anilines is 1. The van der Waals surface area contributed by atoms with Crippen LogP contribution in [0.3, 0.4) is 0 Å². The third-order valence-electron chi connectivity index (χ3n) is 6.80. The molecule has 3 fully saturated rings. The van der Waals surface area contributed by atoms with Gasteiger partial charge in [0.05, 0.1) is 34.6 Å². The van der Waals surface area contributed by atoms with E-state index in [-0.39, 0.29) is 35.7 Å². The first-order valence-electron chi connectivity index (χ1n) is 11.0. The molecule has 0 saturated carbocycles. The number of imide groups is 1. The number of pyridine rings is 1. The summed E-state index contributed by atoms with van der Waals surface area (Å²) in [5.41, 5.74) is 1.25. The number of benzene rings is 2. The molecule has 0 aliphatic carbocycles. The summed E-state index contributed by atoms with van der Waals surface area (Å²) in [5, 5.41) is 9.99. The maximum absolute atomic E-state index is 13.6. The lowest BCUT2D eigenvalue weighted by molar-refractivity contribution is -0.133. The Labute approximate surface area is 199 Å². The molecule has 0 N–H and O–H groups in total. The van der Waals surface area contributed by atoms with Gasteiger partial charge in [0.15, 0.2) is 0 Å². The molecule has 3 aliphatic heterocycles. The van der Waals surface area contributed by atoms with Gasteiger partial charge in [-0.15, -0.1) is 11.8 Å². The number of likely N-dealkylation sites (tertiary alicyclic amines) is 1. The van der Waals surface area contributed by atoms with Crippen LogP contribution in [0.5, 0.6) is 0 Å². The Morgan fingerprint density at radius 2 is 1.94 bits per heavy atom. The SMILES string of the molecule is N#Cc1ccc(N2C(=O)[C@H]3C4C[C@H](CN4C(=O)CSc4ccccc4)N3C2=O)c2cccnc12. The number of hydrogen-bond acceptors (Lipinski definition) is 6. The van der Waals surface area contributed by atoms with Gasteiger partial charge < -0.3 is 9.80 Å². The predicted molar refractivity (Wildman–Crippen MR) is 126 cm³/mol. The monoisotopic (exact) mass is 469 g/mol. The van der Waals surface area contributed by atoms with Crippen molar-refractivity contribution in [2.75, 3.05) is 17.2 Å². The number of nitriles is 1. The van der Waals surface area contributed by atoms with E-state index in [4.69, 9.17) is 0 Å². The molecular weight excluding hydrogens is 450 g/mol. The zero-order chi connectivity index (χ0) is 23.4. The third kappa shape index (κ3) is 2.99. The fourth-order valence-electron chi connectivity index (χ4n) is 5.35. The van der Waals surface area contributed by atoms with E-state index in [1.165, 1.54) is 16.7 Å². The number of piperazine rings is 1. The first-order chi connectivity index (χ1) is 16.6. The Balaban J connectivity index is 1.27. The van der Waals surface area contributed by atoms with Gasteiger partial charge >= 0.3 is 6.03 Å². The lowest BCUT2D eigenvalue weighted by Gasteiger charge is -2.34. The number of urea groups is 1. The summed E-state index contributed by atoms with van der Waals surface area (Å²) in [6.07, 6.45) is 2.20. The van der Waals surface area contributed by atoms with Crippen molar-refractivity contribution in [1.82, 2.24) is 14.8 Å². The summed E-state index contributed by atoms with van der Waals surface area (Å²) < 4.78 is 0. The van der Waals surface area contributed by atoms with Crippen molar-refractivity contribution in [2.45, 2.75) is 29.4 Å². The van der Waals surface area contributed by atoms with Crippen LogP contribution in [0.25, 0.3) is 10.9 Å². The molecule has 2 aromatic carbocycles. The minimum absolute atomic E-state index is 0.0206. The summed E-state index contributed by atoms with van der Waals surface area (Å²) >= 11 is 1.47. The number of carbonyl (C=O) groups is 3. The lowest BCUT2D eigenvalue weighted by Crippen LogP contribution is -2.55. The van der Waals surface area contributed by atoms with E-state index < -0.39 is 6.04 Å². The number of thioether (sulfide) groups is 1. The molecule has 3 saturated heterocycles. The average molecular weight is 470 g/mol. The van der Waals surface area contributed by atoms with Crippen LogP contribution >= 0.6 is 11.8 Å². The second-order valence-electron chi connectivity index (χ2n) is 8.56. The molecule has 8 nitrogen and oxygen atoms in total. The van der Waals surface area contributed by atoms with Crippen molar-refractivity contribution in [3.8, 4) is 6.07 Å². The number of rotatable bonds is 4. The molecule has 0 radical (unpaired) electrons. The van der Waals surface area contributed by atoms with E-state index in [2.05, 4.69) is 11.1 Å². The molecular formula is C25H19N5O3S. The van der Waals surface area contributed by atoms with Crippen molar-refractivity contribution < 1.29 is 14.4 Å². The normalized spacial score (nSPS) is 23.0. The number of hydrogen-bond donors (Lipinski definition) is 0. The fourth-order valence-corrected chi connectivity index (χ4v) is 6.16. The second kappa shape index (κ2) is 7.85. The molecule has 1 unspecified atom stereocenters. The highest BCUT2D eigenvalue weighted by atomic mass is 32.2. The maximum Gasteiger partial charge on any atom is 0.332 e. The maximum atomic E-state index is 13.6. The predicted octanol–water partition coefficient (Wildman–Crippen LogP) is 3.02. The van der Waals surface area contributed by atoms with Gasteiger partial charge in [-0.2, -0.15) is 5.26 Å². The van der Waals surface area contributed by atoms with Crippen LogP contribution in [0.15, 0.2) is 65.7 Å². The van der Waals surface area contributed by atoms with Gasteiger partial charge in [0.1, 0.15) is 12.1 Å². The summed E-state index contributed by atoms with van der Waals surface area (Å²) in [5.74, 6) is -0.0640. The van der Waals surface area contributed by atoms with E-state index in [1.807, 2.05) is 30.3 Å². The molecule has 3 atom stereocenters. The molecule has 4 amide bonds. The van der Waals surface area contributed by atoms with Crippen LogP contribution in [0.1, 0.15) is 12.0 Å². The summed E-state index contributed by atoms with van der Waals surface area (Å²) in [6.45, 7) is 0.442. The van der Waals surface area contributed by atoms with E-state index in [9.17, 15) is 19.6 Å². The lowest BCUT2D eigenvalue weighted by atomic mass is 10.1. The zero-order valence-corrected chi connectivity index (χ0v) is 18.8. The van der Waals surface area contributed by atoms with Crippen molar-refractivity contribution >= 4 is 46.2 Å². The zero-order valence-electron chi connectivity index (χ0n) is 18.0. The van der Waals surface area contributed by atoms with Crippen LogP contribution < -0.4 is 4.90 Å². The van der Waals surface area contributed by atoms with E-state index in [0.29, 0.717) is 35.1 Å². The first-order valence-corrected chi connectivity index (χ1v) is 12.0. The molecule has 4 heterocycles. The van der Waals surface area contributed by atoms with Crippen LogP contribution in [0.2, 0.25) is 0 Å². The van der Waals surface area contributed by atoms with Gasteiger partial charge in [-0.3, -0.25) is 14.6 Å². The number of aromatic nitrogens is 1. The Morgan fingerprint density at radius 3 is 2.74 bits per heavy atom. The quantitative estimate of drug-likeness (QED) is 0.430. The van der Waals surface area contributed by atoms with Crippen LogP contribution in [0, 0.1) is 11.3 Å². The van der Waals surface area contributed by atoms with Gasteiger partial charge in [0.25, 0.3) is 5.91 Å². The molecule has 9 heteroatoms. The van der Waals surface area contributed by atoms with Crippen LogP contribution in [-0.4, -0.2) is 63.1 Å². The van der Waals surface area contributed by atoms with Gasteiger partial charge in [0, 0.05) is 23.0 Å². The molecule has 0 spiro atoms. The Bertz CT molecular complexity index is 1390. The third-order valence-corrected chi connectivity index (χ3v) is 7.80. The van der Waals surface area contributed by atoms with Gasteiger partial charge in [-0.1, -0.05) is 18.2 Å². The number of nitrogens with zero attached hydrogens (tertiary/aromatic N) is 5. The summed E-state index contributed by atoms with van der Waals surface area (Å²) in [7, 11) is 0. The topological polar surface area (TPSA) is 97.6 Å². The Kier molecular flexibility index (Phi) is 4.78. The second-order valence-corrected chi connectivity index (χ2v) is 9.61. The standard InChI is InChI=1S/C25H19N5O3S/c26-12-15-8-9-19(18-7-4-10-27-22(15)18)30-24(32)23-20-11-16(29(23)25(30)33)13-28(20)21(31)14-34-17-5-2-1-3-6-17/h1-10,16,20,23H,11,13-14H2/t16-,20?,23-/m1/s1. The highest BCUT2D eigenvalue weighted by Crippen LogP contribution is 2.43. The highest BCUT2D eigenvalue weighted by Gasteiger charge is 2.62. The van der Waals surface area contributed by atoms with Crippen molar-refractivity contribution in [3.05, 3.63) is 66.4 Å². The van der Waals surface area contributed by atoms with E-state index in [0.717, 1.165) is 4.90 Å². The number of carbonyl (C=O) groups excluding carboxylic acids is 3. The van der Waals surface area contributed by atoms with Crippen molar-refractivity contribution in [3.63, 3.8) is 0 Å². The first kappa shape index (κ1) is 20.7. The van der Waals surface area contributed by atoms with E-state index in [1.54, 1.807) is 40.3 Å². The molecule has 34 heavy (non-hydrogen) atoms. The van der Waals surface area contributed by atoms with E-state index >= 15 is 0 Å². The van der Waals surface area contributed by atoms with Crippen molar-refractivity contribution in [2.24, 2.45) is 0 Å². The largest absolute Gasteiger partial charge is 0.334 e. The molecule has 2 bridgehead atoms. The summed E-state index contributed by atoms with van der Waals surface area (Å²) in [4.78, 5) is 49.9. The van der Waals surface area contributed by atoms with Crippen LogP contribution in [0.4, 0.5) is 10.5 Å². The minimum Gasteiger partial charge on any atom is -0.334 e. The molecule has 168 valence electrons. The number of fused-ring (bicyclic) bond motifs is 6.